The Hall–Kier alpha value is -4.47. The Morgan fingerprint density at radius 2 is 1.80 bits per heavy atom. The van der Waals surface area contributed by atoms with E-state index >= 15 is 0 Å². The van der Waals surface area contributed by atoms with Gasteiger partial charge in [-0.25, -0.2) is 14.8 Å². The third-order valence-electron chi connectivity index (χ3n) is 6.71. The second-order valence-corrected chi connectivity index (χ2v) is 8.69. The molecule has 0 aliphatic carbocycles. The number of aromatic nitrogens is 2. The smallest absolute Gasteiger partial charge is 0.328 e. The Balaban J connectivity index is 1.20. The number of amides is 4. The van der Waals surface area contributed by atoms with Crippen LogP contribution in [0.2, 0.25) is 0 Å². The van der Waals surface area contributed by atoms with Crippen LogP contribution in [-0.4, -0.2) is 46.4 Å². The Labute approximate surface area is 200 Å². The molecule has 5 heterocycles. The van der Waals surface area contributed by atoms with Gasteiger partial charge in [-0.3, -0.25) is 20.2 Å². The van der Waals surface area contributed by atoms with Crippen molar-refractivity contribution < 1.29 is 19.1 Å². The lowest BCUT2D eigenvalue weighted by Gasteiger charge is -2.38. The maximum atomic E-state index is 12.7. The molecular formula is C25H22N6O4. The molecule has 10 nitrogen and oxygen atoms in total. The summed E-state index contributed by atoms with van der Waals surface area (Å²) in [6.07, 6.45) is 5.21. The van der Waals surface area contributed by atoms with Crippen molar-refractivity contribution in [3.63, 3.8) is 0 Å². The van der Waals surface area contributed by atoms with Crippen LogP contribution in [0.25, 0.3) is 0 Å². The number of anilines is 3. The molecule has 2 saturated heterocycles. The molecule has 2 aromatic heterocycles. The second-order valence-electron chi connectivity index (χ2n) is 8.69. The average Bonchev–Trinajstić information content (AvgIpc) is 3.49. The highest BCUT2D eigenvalue weighted by Gasteiger charge is 2.57. The van der Waals surface area contributed by atoms with Crippen molar-refractivity contribution in [2.45, 2.75) is 24.8 Å². The first kappa shape index (κ1) is 21.1. The molecule has 2 N–H and O–H groups in total. The lowest BCUT2D eigenvalue weighted by molar-refractivity contribution is -0.137. The number of nitrogens with one attached hydrogen (secondary N) is 2. The number of imide groups is 2. The van der Waals surface area contributed by atoms with Crippen molar-refractivity contribution in [1.29, 1.82) is 0 Å². The summed E-state index contributed by atoms with van der Waals surface area (Å²) < 4.78 is 5.99. The monoisotopic (exact) mass is 470 g/mol. The van der Waals surface area contributed by atoms with Gasteiger partial charge in [0.05, 0.1) is 11.9 Å². The van der Waals surface area contributed by atoms with Gasteiger partial charge in [0.2, 0.25) is 5.88 Å². The molecule has 10 heteroatoms. The Bertz CT molecular complexity index is 1310. The van der Waals surface area contributed by atoms with Crippen LogP contribution in [0.4, 0.5) is 22.0 Å². The first-order valence-electron chi connectivity index (χ1n) is 11.4. The zero-order valence-electron chi connectivity index (χ0n) is 18.7. The molecule has 2 fully saturated rings. The fraction of sp³-hybridized carbons (Fsp3) is 0.240. The zero-order chi connectivity index (χ0) is 24.0. The summed E-state index contributed by atoms with van der Waals surface area (Å²) in [5.74, 6) is 0.772. The lowest BCUT2D eigenvalue weighted by Crippen LogP contribution is -2.71. The standard InChI is InChI=1S/C25H22N6O4/c32-22-25(23(33)29-24(34)28-22)10-3-12-31(25)17-5-8-21(27-15-17)35-18-6-7-19-16(14-18)9-13-30(19)20-4-1-2-11-26-20/h1-2,4-8,11,14-15H,3,9-10,12-13H2,(H2,28,29,32,33,34). The third-order valence-corrected chi connectivity index (χ3v) is 6.71. The number of ether oxygens (including phenoxy) is 1. The molecule has 0 atom stereocenters. The van der Waals surface area contributed by atoms with Gasteiger partial charge < -0.3 is 14.5 Å². The topological polar surface area (TPSA) is 117 Å². The maximum absolute atomic E-state index is 12.7. The number of fused-ring (bicyclic) bond motifs is 1. The predicted octanol–water partition coefficient (Wildman–Crippen LogP) is 2.67. The highest BCUT2D eigenvalue weighted by atomic mass is 16.5. The van der Waals surface area contributed by atoms with Crippen LogP contribution in [0, 0.1) is 0 Å². The molecule has 3 aliphatic heterocycles. The van der Waals surface area contributed by atoms with Gasteiger partial charge in [0.25, 0.3) is 11.8 Å². The van der Waals surface area contributed by atoms with Crippen molar-refractivity contribution in [2.75, 3.05) is 22.9 Å². The van der Waals surface area contributed by atoms with Crippen LogP contribution < -0.4 is 25.2 Å². The molecule has 1 aromatic carbocycles. The normalized spacial score (nSPS) is 18.5. The Kier molecular flexibility index (Phi) is 4.87. The van der Waals surface area contributed by atoms with E-state index in [2.05, 4.69) is 25.5 Å². The maximum Gasteiger partial charge on any atom is 0.328 e. The summed E-state index contributed by atoms with van der Waals surface area (Å²) >= 11 is 0. The van der Waals surface area contributed by atoms with E-state index in [1.54, 1.807) is 29.4 Å². The van der Waals surface area contributed by atoms with E-state index in [4.69, 9.17) is 4.74 Å². The van der Waals surface area contributed by atoms with Gasteiger partial charge in [-0.2, -0.15) is 0 Å². The largest absolute Gasteiger partial charge is 0.439 e. The SMILES string of the molecule is O=C1NC(=O)C2(CCCN2c2ccc(Oc3ccc4c(c3)CCN4c3ccccn3)nc2)C(=O)N1. The molecule has 0 bridgehead atoms. The summed E-state index contributed by atoms with van der Waals surface area (Å²) in [4.78, 5) is 49.6. The van der Waals surface area contributed by atoms with Crippen LogP contribution in [0.3, 0.4) is 0 Å². The van der Waals surface area contributed by atoms with Gasteiger partial charge in [0.15, 0.2) is 5.54 Å². The van der Waals surface area contributed by atoms with Crippen LogP contribution in [0.15, 0.2) is 60.9 Å². The molecule has 3 aromatic rings. The Morgan fingerprint density at radius 3 is 2.54 bits per heavy atom. The summed E-state index contributed by atoms with van der Waals surface area (Å²) in [7, 11) is 0. The molecule has 0 unspecified atom stereocenters. The highest BCUT2D eigenvalue weighted by Crippen LogP contribution is 2.38. The number of carbonyl (C=O) groups excluding carboxylic acids is 3. The van der Waals surface area contributed by atoms with Crippen molar-refractivity contribution in [3.8, 4) is 11.6 Å². The van der Waals surface area contributed by atoms with Crippen LogP contribution in [-0.2, 0) is 16.0 Å². The fourth-order valence-corrected chi connectivity index (χ4v) is 5.09. The number of rotatable bonds is 4. The first-order chi connectivity index (χ1) is 17.0. The number of urea groups is 1. The average molecular weight is 470 g/mol. The number of nitrogens with zero attached hydrogens (tertiary/aromatic N) is 4. The molecule has 176 valence electrons. The van der Waals surface area contributed by atoms with Crippen LogP contribution in [0.1, 0.15) is 18.4 Å². The summed E-state index contributed by atoms with van der Waals surface area (Å²) in [5, 5.41) is 4.43. The van der Waals surface area contributed by atoms with Crippen molar-refractivity contribution in [1.82, 2.24) is 20.6 Å². The summed E-state index contributed by atoms with van der Waals surface area (Å²) in [6.45, 7) is 1.35. The first-order valence-corrected chi connectivity index (χ1v) is 11.4. The summed E-state index contributed by atoms with van der Waals surface area (Å²) in [6, 6.07) is 14.5. The number of benzene rings is 1. The molecule has 35 heavy (non-hydrogen) atoms. The van der Waals surface area contributed by atoms with Crippen molar-refractivity contribution >= 4 is 35.0 Å². The molecule has 3 aliphatic rings. The van der Waals surface area contributed by atoms with Gasteiger partial charge in [-0.15, -0.1) is 0 Å². The van der Waals surface area contributed by atoms with Gasteiger partial charge in [-0.05, 0) is 61.2 Å². The minimum absolute atomic E-state index is 0.320. The van der Waals surface area contributed by atoms with E-state index in [9.17, 15) is 14.4 Å². The number of hydrogen-bond donors (Lipinski definition) is 2. The van der Waals surface area contributed by atoms with E-state index < -0.39 is 23.4 Å². The Morgan fingerprint density at radius 1 is 0.943 bits per heavy atom. The third kappa shape index (κ3) is 3.45. The number of pyridine rings is 2. The lowest BCUT2D eigenvalue weighted by atomic mass is 9.92. The fourth-order valence-electron chi connectivity index (χ4n) is 5.09. The van der Waals surface area contributed by atoms with Crippen LogP contribution in [0.5, 0.6) is 11.6 Å². The molecule has 1 spiro atoms. The molecule has 0 radical (unpaired) electrons. The van der Waals surface area contributed by atoms with E-state index in [0.29, 0.717) is 36.7 Å². The predicted molar refractivity (Wildman–Crippen MR) is 127 cm³/mol. The quantitative estimate of drug-likeness (QED) is 0.559. The van der Waals surface area contributed by atoms with E-state index in [1.807, 2.05) is 36.4 Å². The number of barbiturate groups is 1. The molecule has 6 rings (SSSR count). The van der Waals surface area contributed by atoms with Gasteiger partial charge in [-0.1, -0.05) is 6.07 Å². The van der Waals surface area contributed by atoms with Gasteiger partial charge in [0, 0.05) is 31.0 Å². The van der Waals surface area contributed by atoms with Crippen LogP contribution >= 0.6 is 0 Å². The van der Waals surface area contributed by atoms with E-state index in [-0.39, 0.29) is 0 Å². The van der Waals surface area contributed by atoms with E-state index in [1.165, 1.54) is 5.56 Å². The highest BCUT2D eigenvalue weighted by molar-refractivity contribution is 6.24. The van der Waals surface area contributed by atoms with E-state index in [0.717, 1.165) is 24.5 Å². The second kappa shape index (κ2) is 8.08. The van der Waals surface area contributed by atoms with Gasteiger partial charge >= 0.3 is 6.03 Å². The molecule has 0 saturated carbocycles. The molecular weight excluding hydrogens is 448 g/mol. The minimum Gasteiger partial charge on any atom is -0.439 e. The number of hydrogen-bond acceptors (Lipinski definition) is 8. The molecule has 4 amide bonds. The van der Waals surface area contributed by atoms with Crippen molar-refractivity contribution in [2.24, 2.45) is 0 Å². The van der Waals surface area contributed by atoms with Gasteiger partial charge in [0.1, 0.15) is 11.6 Å². The zero-order valence-corrected chi connectivity index (χ0v) is 18.7. The van der Waals surface area contributed by atoms with Crippen molar-refractivity contribution in [3.05, 3.63) is 66.5 Å². The number of carbonyl (C=O) groups is 3. The minimum atomic E-state index is -1.45. The summed E-state index contributed by atoms with van der Waals surface area (Å²) in [5.41, 5.74) is 1.44.